The molecule has 0 radical (unpaired) electrons. The monoisotopic (exact) mass is 353 g/mol. The molecule has 1 aromatic carbocycles. The van der Waals surface area contributed by atoms with Crippen molar-refractivity contribution in [2.75, 3.05) is 19.6 Å². The molecule has 136 valence electrons. The number of imidazole rings is 1. The van der Waals surface area contributed by atoms with Gasteiger partial charge in [0.05, 0.1) is 30.1 Å². The third kappa shape index (κ3) is 3.42. The van der Waals surface area contributed by atoms with Crippen LogP contribution in [0.3, 0.4) is 0 Å². The molecule has 0 spiro atoms. The molecule has 1 aliphatic rings. The summed E-state index contributed by atoms with van der Waals surface area (Å²) in [4.78, 5) is 6.93. The summed E-state index contributed by atoms with van der Waals surface area (Å²) in [5.74, 6) is -0.244. The summed E-state index contributed by atoms with van der Waals surface area (Å²) >= 11 is 0. The normalized spacial score (nSPS) is 16.2. The van der Waals surface area contributed by atoms with Crippen LogP contribution >= 0.6 is 0 Å². The van der Waals surface area contributed by atoms with Gasteiger partial charge < -0.3 is 9.47 Å². The fourth-order valence-electron chi connectivity index (χ4n) is 3.69. The number of rotatable bonds is 6. The van der Waals surface area contributed by atoms with Crippen LogP contribution in [-0.2, 0) is 0 Å². The van der Waals surface area contributed by atoms with Gasteiger partial charge in [-0.15, -0.1) is 0 Å². The van der Waals surface area contributed by atoms with E-state index in [0.717, 1.165) is 29.9 Å². The molecule has 26 heavy (non-hydrogen) atoms. The highest BCUT2D eigenvalue weighted by atomic mass is 19.1. The Morgan fingerprint density at radius 1 is 1.12 bits per heavy atom. The number of halogens is 1. The molecule has 5 nitrogen and oxygen atoms in total. The van der Waals surface area contributed by atoms with Gasteiger partial charge in [0, 0.05) is 24.3 Å². The van der Waals surface area contributed by atoms with E-state index in [9.17, 15) is 4.39 Å². The number of hydrogen-bond acceptors (Lipinski definition) is 3. The summed E-state index contributed by atoms with van der Waals surface area (Å²) in [6.45, 7) is 5.68. The van der Waals surface area contributed by atoms with Crippen molar-refractivity contribution >= 4 is 0 Å². The third-order valence-corrected chi connectivity index (χ3v) is 5.17. The number of likely N-dealkylation sites (tertiary alicyclic amines) is 1. The van der Waals surface area contributed by atoms with Crippen molar-refractivity contribution in [1.82, 2.24) is 24.2 Å². The zero-order valence-corrected chi connectivity index (χ0v) is 15.1. The maximum atomic E-state index is 13.1. The minimum Gasteiger partial charge on any atom is -0.326 e. The Bertz CT molecular complexity index is 845. The lowest BCUT2D eigenvalue weighted by molar-refractivity contribution is 0.273. The lowest BCUT2D eigenvalue weighted by Gasteiger charge is -2.25. The van der Waals surface area contributed by atoms with Gasteiger partial charge in [-0.3, -0.25) is 0 Å². The van der Waals surface area contributed by atoms with Crippen molar-refractivity contribution in [2.24, 2.45) is 0 Å². The highest BCUT2D eigenvalue weighted by molar-refractivity contribution is 5.57. The summed E-state index contributed by atoms with van der Waals surface area (Å²) in [7, 11) is 0. The molecule has 1 atom stereocenters. The molecule has 0 unspecified atom stereocenters. The van der Waals surface area contributed by atoms with Crippen molar-refractivity contribution in [3.63, 3.8) is 0 Å². The van der Waals surface area contributed by atoms with Gasteiger partial charge in [-0.25, -0.2) is 14.1 Å². The van der Waals surface area contributed by atoms with Crippen LogP contribution in [0.2, 0.25) is 0 Å². The zero-order valence-electron chi connectivity index (χ0n) is 15.1. The average Bonchev–Trinajstić information content (AvgIpc) is 3.40. The van der Waals surface area contributed by atoms with E-state index in [1.165, 1.54) is 38.1 Å². The Morgan fingerprint density at radius 3 is 2.62 bits per heavy atom. The van der Waals surface area contributed by atoms with E-state index in [0.29, 0.717) is 6.04 Å². The fourth-order valence-corrected chi connectivity index (χ4v) is 3.69. The van der Waals surface area contributed by atoms with Gasteiger partial charge in [-0.1, -0.05) is 6.92 Å². The predicted molar refractivity (Wildman–Crippen MR) is 99.7 cm³/mol. The first-order valence-electron chi connectivity index (χ1n) is 9.30. The Labute approximate surface area is 153 Å². The standard InChI is InChI=1S/C20H24FN5/c1-2-18(14-24-9-3-4-10-24)25-15-22-12-20(25)16-11-23-26(13-16)19-7-5-17(21)6-8-19/h5-8,11-13,15,18H,2-4,9-10,14H2,1H3/t18-/m1/s1. The first-order valence-corrected chi connectivity index (χ1v) is 9.30. The topological polar surface area (TPSA) is 38.9 Å². The summed E-state index contributed by atoms with van der Waals surface area (Å²) < 4.78 is 17.2. The molecular weight excluding hydrogens is 329 g/mol. The van der Waals surface area contributed by atoms with Gasteiger partial charge in [0.25, 0.3) is 0 Å². The van der Waals surface area contributed by atoms with Crippen LogP contribution in [0.25, 0.3) is 16.9 Å². The van der Waals surface area contributed by atoms with Crippen LogP contribution in [0.4, 0.5) is 4.39 Å². The van der Waals surface area contributed by atoms with Crippen molar-refractivity contribution in [2.45, 2.75) is 32.2 Å². The van der Waals surface area contributed by atoms with E-state index >= 15 is 0 Å². The number of aromatic nitrogens is 4. The number of nitrogens with zero attached hydrogens (tertiary/aromatic N) is 5. The molecule has 6 heteroatoms. The van der Waals surface area contributed by atoms with Crippen molar-refractivity contribution in [3.8, 4) is 16.9 Å². The van der Waals surface area contributed by atoms with E-state index in [4.69, 9.17) is 0 Å². The molecule has 0 amide bonds. The summed E-state index contributed by atoms with van der Waals surface area (Å²) in [5, 5.41) is 4.44. The lowest BCUT2D eigenvalue weighted by Crippen LogP contribution is -2.28. The van der Waals surface area contributed by atoms with Crippen LogP contribution in [0.5, 0.6) is 0 Å². The second kappa shape index (κ2) is 7.41. The highest BCUT2D eigenvalue weighted by Gasteiger charge is 2.20. The molecule has 0 N–H and O–H groups in total. The smallest absolute Gasteiger partial charge is 0.123 e. The molecule has 1 fully saturated rings. The summed E-state index contributed by atoms with van der Waals surface area (Å²) in [6.07, 6.45) is 11.3. The average molecular weight is 353 g/mol. The second-order valence-corrected chi connectivity index (χ2v) is 6.91. The Morgan fingerprint density at radius 2 is 1.88 bits per heavy atom. The molecule has 0 aliphatic carbocycles. The van der Waals surface area contributed by atoms with E-state index in [2.05, 4.69) is 26.5 Å². The van der Waals surface area contributed by atoms with Crippen LogP contribution in [0.15, 0.2) is 49.2 Å². The summed E-state index contributed by atoms with van der Waals surface area (Å²) in [6, 6.07) is 6.76. The molecule has 1 saturated heterocycles. The maximum Gasteiger partial charge on any atom is 0.123 e. The van der Waals surface area contributed by atoms with Crippen molar-refractivity contribution in [3.05, 3.63) is 55.0 Å². The Balaban J connectivity index is 1.59. The zero-order chi connectivity index (χ0) is 17.9. The van der Waals surface area contributed by atoms with Crippen LogP contribution in [0, 0.1) is 5.82 Å². The van der Waals surface area contributed by atoms with E-state index in [-0.39, 0.29) is 5.82 Å². The van der Waals surface area contributed by atoms with Crippen LogP contribution < -0.4 is 0 Å². The van der Waals surface area contributed by atoms with Crippen LogP contribution in [-0.4, -0.2) is 43.9 Å². The molecule has 4 rings (SSSR count). The lowest BCUT2D eigenvalue weighted by atomic mass is 10.1. The van der Waals surface area contributed by atoms with Gasteiger partial charge in [-0.05, 0) is 56.6 Å². The second-order valence-electron chi connectivity index (χ2n) is 6.91. The molecular formula is C20H24FN5. The van der Waals surface area contributed by atoms with Gasteiger partial charge >= 0.3 is 0 Å². The highest BCUT2D eigenvalue weighted by Crippen LogP contribution is 2.26. The molecule has 0 saturated carbocycles. The van der Waals surface area contributed by atoms with Crippen LogP contribution in [0.1, 0.15) is 32.2 Å². The van der Waals surface area contributed by atoms with E-state index < -0.39 is 0 Å². The first-order chi connectivity index (χ1) is 12.7. The minimum absolute atomic E-state index is 0.244. The number of benzene rings is 1. The fraction of sp³-hybridized carbons (Fsp3) is 0.400. The molecule has 0 bridgehead atoms. The number of hydrogen-bond donors (Lipinski definition) is 0. The maximum absolute atomic E-state index is 13.1. The van der Waals surface area contributed by atoms with Crippen molar-refractivity contribution in [1.29, 1.82) is 0 Å². The van der Waals surface area contributed by atoms with E-state index in [1.807, 2.05) is 24.9 Å². The first kappa shape index (κ1) is 17.0. The largest absolute Gasteiger partial charge is 0.326 e. The third-order valence-electron chi connectivity index (χ3n) is 5.17. The van der Waals surface area contributed by atoms with Gasteiger partial charge in [0.2, 0.25) is 0 Å². The van der Waals surface area contributed by atoms with Gasteiger partial charge in [0.1, 0.15) is 5.82 Å². The summed E-state index contributed by atoms with van der Waals surface area (Å²) in [5.41, 5.74) is 2.93. The molecule has 2 aromatic heterocycles. The quantitative estimate of drug-likeness (QED) is 0.674. The SMILES string of the molecule is CC[C@H](CN1CCCC1)n1cncc1-c1cnn(-c2ccc(F)cc2)c1. The Hall–Kier alpha value is -2.47. The molecule has 3 heterocycles. The predicted octanol–water partition coefficient (Wildman–Crippen LogP) is 3.92. The minimum atomic E-state index is -0.244. The molecule has 3 aromatic rings. The molecule has 1 aliphatic heterocycles. The van der Waals surface area contributed by atoms with E-state index in [1.54, 1.807) is 16.8 Å². The Kier molecular flexibility index (Phi) is 4.84. The van der Waals surface area contributed by atoms with Gasteiger partial charge in [-0.2, -0.15) is 5.10 Å². The van der Waals surface area contributed by atoms with Crippen molar-refractivity contribution < 1.29 is 4.39 Å². The van der Waals surface area contributed by atoms with Gasteiger partial charge in [0.15, 0.2) is 0 Å².